The highest BCUT2D eigenvalue weighted by Gasteiger charge is 2.26. The number of hydrogen-bond acceptors (Lipinski definition) is 6. The van der Waals surface area contributed by atoms with E-state index >= 15 is 0 Å². The highest BCUT2D eigenvalue weighted by Crippen LogP contribution is 2.31. The standard InChI is InChI=1S/C20H21ClFN3O3S2.ClH/c1-24(2)10-3-11-25(20-23-17-9-4-14(21)12-18(17)29-20)19(26)13-30(27,28)16-7-5-15(22)6-8-16;/h4-9,12H,3,10-11,13H2,1-2H3;1H. The molecule has 3 aromatic rings. The molecule has 0 N–H and O–H groups in total. The molecule has 1 amide bonds. The lowest BCUT2D eigenvalue weighted by molar-refractivity contribution is -0.116. The van der Waals surface area contributed by atoms with Crippen molar-refractivity contribution in [2.24, 2.45) is 0 Å². The van der Waals surface area contributed by atoms with Crippen LogP contribution in [0.4, 0.5) is 9.52 Å². The van der Waals surface area contributed by atoms with Gasteiger partial charge in [0.15, 0.2) is 15.0 Å². The fourth-order valence-electron chi connectivity index (χ4n) is 2.84. The zero-order valence-corrected chi connectivity index (χ0v) is 20.1. The van der Waals surface area contributed by atoms with E-state index in [0.717, 1.165) is 35.5 Å². The minimum absolute atomic E-state index is 0. The number of carbonyl (C=O) groups is 1. The lowest BCUT2D eigenvalue weighted by Gasteiger charge is -2.21. The lowest BCUT2D eigenvalue weighted by atomic mass is 10.3. The molecule has 168 valence electrons. The maximum atomic E-state index is 13.1. The minimum atomic E-state index is -3.92. The largest absolute Gasteiger partial charge is 0.309 e. The van der Waals surface area contributed by atoms with Crippen LogP contribution in [0.5, 0.6) is 0 Å². The first kappa shape index (κ1) is 25.5. The van der Waals surface area contributed by atoms with Gasteiger partial charge in [-0.1, -0.05) is 22.9 Å². The molecule has 3 rings (SSSR count). The molecule has 0 spiro atoms. The van der Waals surface area contributed by atoms with Gasteiger partial charge in [-0.25, -0.2) is 17.8 Å². The number of thiazole rings is 1. The van der Waals surface area contributed by atoms with Crippen LogP contribution in [0.15, 0.2) is 47.4 Å². The van der Waals surface area contributed by atoms with Crippen molar-refractivity contribution in [3.05, 3.63) is 53.3 Å². The van der Waals surface area contributed by atoms with E-state index in [0.29, 0.717) is 28.6 Å². The maximum absolute atomic E-state index is 13.1. The zero-order valence-electron chi connectivity index (χ0n) is 16.9. The van der Waals surface area contributed by atoms with Crippen molar-refractivity contribution in [3.8, 4) is 0 Å². The molecule has 0 bridgehead atoms. The molecule has 0 saturated heterocycles. The molecule has 31 heavy (non-hydrogen) atoms. The molecule has 0 aliphatic carbocycles. The summed E-state index contributed by atoms with van der Waals surface area (Å²) >= 11 is 7.32. The summed E-state index contributed by atoms with van der Waals surface area (Å²) in [5.74, 6) is -1.85. The van der Waals surface area contributed by atoms with Crippen molar-refractivity contribution >= 4 is 66.4 Å². The molecule has 0 aliphatic rings. The molecule has 0 aliphatic heterocycles. The second-order valence-electron chi connectivity index (χ2n) is 7.02. The Morgan fingerprint density at radius 2 is 1.81 bits per heavy atom. The van der Waals surface area contributed by atoms with E-state index in [1.807, 2.05) is 19.0 Å². The van der Waals surface area contributed by atoms with Crippen molar-refractivity contribution < 1.29 is 17.6 Å². The Morgan fingerprint density at radius 3 is 2.45 bits per heavy atom. The Bertz CT molecular complexity index is 1150. The van der Waals surface area contributed by atoms with Crippen LogP contribution in [-0.4, -0.2) is 57.1 Å². The molecule has 0 unspecified atom stereocenters. The van der Waals surface area contributed by atoms with Gasteiger partial charge in [0.1, 0.15) is 11.6 Å². The van der Waals surface area contributed by atoms with Crippen molar-refractivity contribution in [2.45, 2.75) is 11.3 Å². The third kappa shape index (κ3) is 6.60. The first-order valence-electron chi connectivity index (χ1n) is 9.15. The van der Waals surface area contributed by atoms with Crippen molar-refractivity contribution in [1.29, 1.82) is 0 Å². The molecular weight excluding hydrogens is 484 g/mol. The molecule has 0 fully saturated rings. The van der Waals surface area contributed by atoms with Crippen molar-refractivity contribution in [1.82, 2.24) is 9.88 Å². The van der Waals surface area contributed by atoms with Gasteiger partial charge in [0.05, 0.1) is 15.1 Å². The zero-order chi connectivity index (χ0) is 21.9. The Hall–Kier alpha value is -1.78. The van der Waals surface area contributed by atoms with E-state index in [9.17, 15) is 17.6 Å². The SMILES string of the molecule is CN(C)CCCN(C(=O)CS(=O)(=O)c1ccc(F)cc1)c1nc2ccc(Cl)cc2s1.Cl. The van der Waals surface area contributed by atoms with Crippen LogP contribution < -0.4 is 4.90 Å². The topological polar surface area (TPSA) is 70.6 Å². The molecule has 1 aromatic heterocycles. The summed E-state index contributed by atoms with van der Waals surface area (Å²) in [4.78, 5) is 20.8. The van der Waals surface area contributed by atoms with Gasteiger partial charge >= 0.3 is 0 Å². The van der Waals surface area contributed by atoms with Gasteiger partial charge < -0.3 is 4.90 Å². The Kier molecular flexibility index (Phi) is 8.79. The Morgan fingerprint density at radius 1 is 1.13 bits per heavy atom. The third-order valence-corrected chi connectivity index (χ3v) is 7.24. The summed E-state index contributed by atoms with van der Waals surface area (Å²) in [6, 6.07) is 9.67. The minimum Gasteiger partial charge on any atom is -0.309 e. The number of fused-ring (bicyclic) bond motifs is 1. The van der Waals surface area contributed by atoms with Gasteiger partial charge in [0.25, 0.3) is 0 Å². The number of nitrogens with zero attached hydrogens (tertiary/aromatic N) is 3. The highest BCUT2D eigenvalue weighted by atomic mass is 35.5. The molecule has 0 radical (unpaired) electrons. The average molecular weight is 506 g/mol. The summed E-state index contributed by atoms with van der Waals surface area (Å²) in [7, 11) is -0.0771. The number of aromatic nitrogens is 1. The van der Waals surface area contributed by atoms with E-state index in [2.05, 4.69) is 4.98 Å². The second-order valence-corrected chi connectivity index (χ2v) is 10.5. The van der Waals surface area contributed by atoms with Gasteiger partial charge in [0, 0.05) is 11.6 Å². The second kappa shape index (κ2) is 10.7. The number of rotatable bonds is 8. The van der Waals surface area contributed by atoms with Crippen molar-refractivity contribution in [2.75, 3.05) is 37.8 Å². The van der Waals surface area contributed by atoms with Crippen molar-refractivity contribution in [3.63, 3.8) is 0 Å². The number of halogens is 3. The summed E-state index contributed by atoms with van der Waals surface area (Å²) in [6.45, 7) is 1.05. The maximum Gasteiger partial charge on any atom is 0.244 e. The fourth-order valence-corrected chi connectivity index (χ4v) is 5.32. The van der Waals surface area contributed by atoms with Gasteiger partial charge in [-0.05, 0) is 69.5 Å². The van der Waals surface area contributed by atoms with E-state index in [1.54, 1.807) is 18.2 Å². The van der Waals surface area contributed by atoms with Gasteiger partial charge in [0.2, 0.25) is 5.91 Å². The highest BCUT2D eigenvalue weighted by molar-refractivity contribution is 7.92. The predicted molar refractivity (Wildman–Crippen MR) is 126 cm³/mol. The quantitative estimate of drug-likeness (QED) is 0.427. The number of sulfone groups is 1. The van der Waals surface area contributed by atoms with E-state index in [-0.39, 0.29) is 17.3 Å². The Balaban J connectivity index is 0.00000341. The molecule has 0 atom stereocenters. The Labute approximate surface area is 196 Å². The van der Waals surface area contributed by atoms with Crippen LogP contribution in [-0.2, 0) is 14.6 Å². The first-order valence-corrected chi connectivity index (χ1v) is 12.0. The summed E-state index contributed by atoms with van der Waals surface area (Å²) in [6.07, 6.45) is 0.645. The average Bonchev–Trinajstić information content (AvgIpc) is 3.07. The molecule has 1 heterocycles. The van der Waals surface area contributed by atoms with Gasteiger partial charge in [-0.2, -0.15) is 0 Å². The van der Waals surface area contributed by atoms with Crippen LogP contribution in [0.25, 0.3) is 10.2 Å². The molecule has 6 nitrogen and oxygen atoms in total. The van der Waals surface area contributed by atoms with E-state index in [1.165, 1.54) is 16.2 Å². The van der Waals surface area contributed by atoms with E-state index < -0.39 is 27.3 Å². The van der Waals surface area contributed by atoms with Gasteiger partial charge in [-0.3, -0.25) is 9.69 Å². The smallest absolute Gasteiger partial charge is 0.244 e. The number of carbonyl (C=O) groups excluding carboxylic acids is 1. The van der Waals surface area contributed by atoms with Crippen LogP contribution in [0.3, 0.4) is 0 Å². The van der Waals surface area contributed by atoms with Crippen LogP contribution in [0, 0.1) is 5.82 Å². The van der Waals surface area contributed by atoms with Gasteiger partial charge in [-0.15, -0.1) is 12.4 Å². The molecule has 2 aromatic carbocycles. The van der Waals surface area contributed by atoms with E-state index in [4.69, 9.17) is 11.6 Å². The van der Waals surface area contributed by atoms with Crippen LogP contribution in [0.2, 0.25) is 5.02 Å². The molecule has 0 saturated carbocycles. The third-order valence-electron chi connectivity index (χ3n) is 4.34. The number of anilines is 1. The number of benzene rings is 2. The fraction of sp³-hybridized carbons (Fsp3) is 0.300. The predicted octanol–water partition coefficient (Wildman–Crippen LogP) is 4.27. The first-order chi connectivity index (χ1) is 14.2. The lowest BCUT2D eigenvalue weighted by Crippen LogP contribution is -2.37. The monoisotopic (exact) mass is 505 g/mol. The number of hydrogen-bond donors (Lipinski definition) is 0. The van der Waals surface area contributed by atoms with Crippen LogP contribution >= 0.6 is 35.3 Å². The number of amides is 1. The molecular formula is C20H22Cl2FN3O3S2. The molecule has 11 heteroatoms. The summed E-state index contributed by atoms with van der Waals surface area (Å²) in [5.41, 5.74) is 0.686. The normalized spacial score (nSPS) is 11.5. The summed E-state index contributed by atoms with van der Waals surface area (Å²) < 4.78 is 39.3. The van der Waals surface area contributed by atoms with Crippen LogP contribution in [0.1, 0.15) is 6.42 Å². The summed E-state index contributed by atoms with van der Waals surface area (Å²) in [5, 5.41) is 0.979.